The van der Waals surface area contributed by atoms with Crippen LogP contribution in [-0.2, 0) is 4.79 Å². The van der Waals surface area contributed by atoms with Gasteiger partial charge in [-0.1, -0.05) is 34.3 Å². The van der Waals surface area contributed by atoms with E-state index in [0.29, 0.717) is 0 Å². The van der Waals surface area contributed by atoms with E-state index in [1.165, 1.54) is 0 Å². The molecule has 1 rings (SSSR count). The third-order valence-electron chi connectivity index (χ3n) is 3.30. The lowest BCUT2D eigenvalue weighted by Gasteiger charge is -2.34. The molecule has 4 heteroatoms. The lowest BCUT2D eigenvalue weighted by atomic mass is 9.95. The quantitative estimate of drug-likeness (QED) is 0.820. The fourth-order valence-electron chi connectivity index (χ4n) is 1.92. The van der Waals surface area contributed by atoms with E-state index < -0.39 is 0 Å². The van der Waals surface area contributed by atoms with Crippen molar-refractivity contribution < 1.29 is 4.79 Å². The molecule has 1 N–H and O–H groups in total. The molecule has 0 unspecified atom stereocenters. The second kappa shape index (κ2) is 6.34. The van der Waals surface area contributed by atoms with Gasteiger partial charge in [0.2, 0.25) is 5.91 Å². The van der Waals surface area contributed by atoms with E-state index in [1.807, 2.05) is 20.8 Å². The molecule has 1 saturated heterocycles. The number of hydrogen-bond donors (Lipinski definition) is 1. The van der Waals surface area contributed by atoms with E-state index in [4.69, 9.17) is 0 Å². The van der Waals surface area contributed by atoms with Gasteiger partial charge in [-0.15, -0.1) is 0 Å². The van der Waals surface area contributed by atoms with Gasteiger partial charge < -0.3 is 10.2 Å². The van der Waals surface area contributed by atoms with Gasteiger partial charge in [-0.2, -0.15) is 0 Å². The molecule has 0 bridgehead atoms. The first-order valence-electron chi connectivity index (χ1n) is 6.77. The third kappa shape index (κ3) is 4.78. The highest BCUT2D eigenvalue weighted by molar-refractivity contribution is 5.82. The third-order valence-corrected chi connectivity index (χ3v) is 3.30. The minimum Gasteiger partial charge on any atom is -0.329 e. The van der Waals surface area contributed by atoms with E-state index in [1.54, 1.807) is 0 Å². The molecule has 1 amide bonds. The number of nitrogens with one attached hydrogen (secondary N) is 1. The first-order chi connectivity index (χ1) is 8.32. The molecular weight excluding hydrogens is 226 g/mol. The molecule has 1 aliphatic rings. The average Bonchev–Trinajstić information content (AvgIpc) is 2.28. The van der Waals surface area contributed by atoms with Crippen molar-refractivity contribution in [2.24, 2.45) is 5.41 Å². The predicted octanol–water partition coefficient (Wildman–Crippen LogP) is 1.30. The maximum atomic E-state index is 11.8. The Morgan fingerprint density at radius 2 is 1.67 bits per heavy atom. The number of piperazine rings is 1. The Labute approximate surface area is 111 Å². The zero-order valence-corrected chi connectivity index (χ0v) is 12.3. The predicted molar refractivity (Wildman–Crippen MR) is 75.3 cm³/mol. The maximum absolute atomic E-state index is 11.8. The normalized spacial score (nSPS) is 18.7. The van der Waals surface area contributed by atoms with Gasteiger partial charge in [-0.05, 0) is 6.54 Å². The summed E-state index contributed by atoms with van der Waals surface area (Å²) in [5.74, 6) is 0.0414. The van der Waals surface area contributed by atoms with Crippen molar-refractivity contribution in [2.75, 3.05) is 39.3 Å². The van der Waals surface area contributed by atoms with E-state index in [9.17, 15) is 4.79 Å². The lowest BCUT2D eigenvalue weighted by molar-refractivity contribution is -0.127. The van der Waals surface area contributed by atoms with Gasteiger partial charge in [0.05, 0.1) is 0 Å². The largest absolute Gasteiger partial charge is 0.329 e. The standard InChI is InChI=1S/C14H27N3O/c1-6-16-7-9-17(10-8-16)11-12(2)15-13(18)14(3,4)5/h2,6-11H2,1,3-5H3,(H,15,18). The summed E-state index contributed by atoms with van der Waals surface area (Å²) in [6.07, 6.45) is 0. The Morgan fingerprint density at radius 1 is 1.17 bits per heavy atom. The SMILES string of the molecule is C=C(CN1CCN(CC)CC1)NC(=O)C(C)(C)C. The second-order valence-electron chi connectivity index (χ2n) is 6.02. The van der Waals surface area contributed by atoms with Crippen LogP contribution in [0.2, 0.25) is 0 Å². The summed E-state index contributed by atoms with van der Waals surface area (Å²) >= 11 is 0. The van der Waals surface area contributed by atoms with Crippen LogP contribution >= 0.6 is 0 Å². The zero-order valence-electron chi connectivity index (χ0n) is 12.3. The highest BCUT2D eigenvalue weighted by atomic mass is 16.2. The van der Waals surface area contributed by atoms with Crippen LogP contribution in [0.1, 0.15) is 27.7 Å². The maximum Gasteiger partial charge on any atom is 0.229 e. The summed E-state index contributed by atoms with van der Waals surface area (Å²) in [6, 6.07) is 0. The number of rotatable bonds is 4. The van der Waals surface area contributed by atoms with Crippen LogP contribution in [-0.4, -0.2) is 55.0 Å². The van der Waals surface area contributed by atoms with Crippen LogP contribution in [0.15, 0.2) is 12.3 Å². The van der Waals surface area contributed by atoms with Crippen molar-refractivity contribution in [3.8, 4) is 0 Å². The average molecular weight is 253 g/mol. The molecule has 0 aliphatic carbocycles. The molecule has 1 fully saturated rings. The van der Waals surface area contributed by atoms with Gasteiger partial charge in [-0.3, -0.25) is 9.69 Å². The summed E-state index contributed by atoms with van der Waals surface area (Å²) in [5, 5.41) is 2.90. The molecule has 0 radical (unpaired) electrons. The molecule has 1 heterocycles. The van der Waals surface area contributed by atoms with Crippen LogP contribution in [0.4, 0.5) is 0 Å². The van der Waals surface area contributed by atoms with Crippen LogP contribution in [0.5, 0.6) is 0 Å². The molecule has 0 aromatic carbocycles. The molecule has 0 spiro atoms. The van der Waals surface area contributed by atoms with Crippen LogP contribution in [0, 0.1) is 5.41 Å². The Kier molecular flexibility index (Phi) is 5.35. The zero-order chi connectivity index (χ0) is 13.8. The molecule has 18 heavy (non-hydrogen) atoms. The van der Waals surface area contributed by atoms with Crippen LogP contribution in [0.25, 0.3) is 0 Å². The van der Waals surface area contributed by atoms with Gasteiger partial charge in [0.15, 0.2) is 0 Å². The molecule has 1 aliphatic heterocycles. The van der Waals surface area contributed by atoms with Crippen LogP contribution < -0.4 is 5.32 Å². The first kappa shape index (κ1) is 15.2. The Bertz CT molecular complexity index is 299. The number of hydrogen-bond acceptors (Lipinski definition) is 3. The van der Waals surface area contributed by atoms with Crippen molar-refractivity contribution in [2.45, 2.75) is 27.7 Å². The minimum atomic E-state index is -0.357. The van der Waals surface area contributed by atoms with Crippen LogP contribution in [0.3, 0.4) is 0 Å². The first-order valence-corrected chi connectivity index (χ1v) is 6.77. The summed E-state index contributed by atoms with van der Waals surface area (Å²) in [5.41, 5.74) is 0.448. The molecule has 0 aromatic heterocycles. The summed E-state index contributed by atoms with van der Waals surface area (Å²) in [4.78, 5) is 16.6. The van der Waals surface area contributed by atoms with E-state index in [-0.39, 0.29) is 11.3 Å². The Hall–Kier alpha value is -0.870. The fourth-order valence-corrected chi connectivity index (χ4v) is 1.92. The minimum absolute atomic E-state index is 0.0414. The summed E-state index contributed by atoms with van der Waals surface area (Å²) in [6.45, 7) is 18.1. The van der Waals surface area contributed by atoms with Crippen molar-refractivity contribution >= 4 is 5.91 Å². The number of carbonyl (C=O) groups is 1. The summed E-state index contributed by atoms with van der Waals surface area (Å²) in [7, 11) is 0. The highest BCUT2D eigenvalue weighted by Gasteiger charge is 2.22. The lowest BCUT2D eigenvalue weighted by Crippen LogP contribution is -2.48. The molecule has 0 aromatic rings. The van der Waals surface area contributed by atoms with Gasteiger partial charge >= 0.3 is 0 Å². The molecule has 104 valence electrons. The molecule has 0 saturated carbocycles. The molecule has 4 nitrogen and oxygen atoms in total. The number of nitrogens with zero attached hydrogens (tertiary/aromatic N) is 2. The van der Waals surface area contributed by atoms with Gasteiger partial charge in [0.25, 0.3) is 0 Å². The van der Waals surface area contributed by atoms with E-state index in [0.717, 1.165) is 45.0 Å². The van der Waals surface area contributed by atoms with Gasteiger partial charge in [-0.25, -0.2) is 0 Å². The molecular formula is C14H27N3O. The number of amides is 1. The topological polar surface area (TPSA) is 35.6 Å². The Morgan fingerprint density at radius 3 is 2.11 bits per heavy atom. The summed E-state index contributed by atoms with van der Waals surface area (Å²) < 4.78 is 0. The van der Waals surface area contributed by atoms with Crippen molar-refractivity contribution in [3.05, 3.63) is 12.3 Å². The van der Waals surface area contributed by atoms with E-state index >= 15 is 0 Å². The van der Waals surface area contributed by atoms with Gasteiger partial charge in [0, 0.05) is 43.8 Å². The Balaban J connectivity index is 2.31. The highest BCUT2D eigenvalue weighted by Crippen LogP contribution is 2.13. The van der Waals surface area contributed by atoms with Crippen molar-refractivity contribution in [1.29, 1.82) is 0 Å². The molecule has 0 atom stereocenters. The smallest absolute Gasteiger partial charge is 0.229 e. The number of carbonyl (C=O) groups excluding carboxylic acids is 1. The van der Waals surface area contributed by atoms with Crippen molar-refractivity contribution in [3.63, 3.8) is 0 Å². The number of likely N-dealkylation sites (N-methyl/N-ethyl adjacent to an activating group) is 1. The second-order valence-corrected chi connectivity index (χ2v) is 6.02. The fraction of sp³-hybridized carbons (Fsp3) is 0.786. The van der Waals surface area contributed by atoms with Crippen molar-refractivity contribution in [1.82, 2.24) is 15.1 Å². The monoisotopic (exact) mass is 253 g/mol. The van der Waals surface area contributed by atoms with E-state index in [2.05, 4.69) is 28.6 Å². The van der Waals surface area contributed by atoms with Gasteiger partial charge in [0.1, 0.15) is 0 Å².